The van der Waals surface area contributed by atoms with E-state index in [0.717, 1.165) is 12.0 Å². The molecular weight excluding hydrogens is 216 g/mol. The predicted molar refractivity (Wildman–Crippen MR) is 66.9 cm³/mol. The summed E-state index contributed by atoms with van der Waals surface area (Å²) in [7, 11) is 0. The van der Waals surface area contributed by atoms with Gasteiger partial charge in [-0.2, -0.15) is 0 Å². The van der Waals surface area contributed by atoms with Crippen molar-refractivity contribution in [1.82, 2.24) is 0 Å². The molecule has 0 radical (unpaired) electrons. The Bertz CT molecular complexity index is 354. The molecule has 0 fully saturated rings. The number of carbonyl (C=O) groups is 1. The molecule has 1 atom stereocenters. The average Bonchev–Trinajstić information content (AvgIpc) is 2.18. The number of rotatable bonds is 6. The molecule has 0 unspecified atom stereocenters. The van der Waals surface area contributed by atoms with Gasteiger partial charge in [0, 0.05) is 0 Å². The number of aliphatic carboxylic acids is 1. The molecule has 17 heavy (non-hydrogen) atoms. The fourth-order valence-electron chi connectivity index (χ4n) is 1.83. The van der Waals surface area contributed by atoms with E-state index in [1.807, 2.05) is 24.3 Å². The lowest BCUT2D eigenvalue weighted by Crippen LogP contribution is -2.15. The standard InChI is InChI=1S/C14H20O3/c1-10(2)7-11-3-5-12(6-4-11)8-13(15)9-14(16)17/h3-6,10,13,15H,7-9H2,1-2H3,(H,16,17)/t13-/m1/s1. The molecule has 3 heteroatoms. The van der Waals surface area contributed by atoms with Gasteiger partial charge in [-0.3, -0.25) is 4.79 Å². The maximum atomic E-state index is 10.4. The summed E-state index contributed by atoms with van der Waals surface area (Å²) in [6, 6.07) is 8.01. The maximum Gasteiger partial charge on any atom is 0.305 e. The van der Waals surface area contributed by atoms with E-state index in [0.29, 0.717) is 12.3 Å². The molecule has 1 aromatic rings. The third-order valence-electron chi connectivity index (χ3n) is 2.55. The zero-order valence-electron chi connectivity index (χ0n) is 10.4. The molecule has 0 aliphatic rings. The molecule has 0 heterocycles. The molecule has 0 saturated heterocycles. The Balaban J connectivity index is 2.53. The Morgan fingerprint density at radius 1 is 1.12 bits per heavy atom. The van der Waals surface area contributed by atoms with Crippen molar-refractivity contribution in [3.05, 3.63) is 35.4 Å². The van der Waals surface area contributed by atoms with Crippen LogP contribution in [0.5, 0.6) is 0 Å². The van der Waals surface area contributed by atoms with Gasteiger partial charge in [-0.25, -0.2) is 0 Å². The average molecular weight is 236 g/mol. The molecule has 3 nitrogen and oxygen atoms in total. The highest BCUT2D eigenvalue weighted by Crippen LogP contribution is 2.12. The van der Waals surface area contributed by atoms with Crippen LogP contribution in [0.1, 0.15) is 31.4 Å². The zero-order chi connectivity index (χ0) is 12.8. The predicted octanol–water partition coefficient (Wildman–Crippen LogP) is 2.26. The second-order valence-electron chi connectivity index (χ2n) is 4.87. The molecule has 0 saturated carbocycles. The Hall–Kier alpha value is -1.35. The molecule has 0 amide bonds. The first kappa shape index (κ1) is 13.7. The highest BCUT2D eigenvalue weighted by molar-refractivity contribution is 5.67. The van der Waals surface area contributed by atoms with Gasteiger partial charge in [0.15, 0.2) is 0 Å². The van der Waals surface area contributed by atoms with Crippen LogP contribution in [0.2, 0.25) is 0 Å². The molecule has 2 N–H and O–H groups in total. The van der Waals surface area contributed by atoms with Gasteiger partial charge >= 0.3 is 5.97 Å². The van der Waals surface area contributed by atoms with E-state index in [-0.39, 0.29) is 6.42 Å². The first-order valence-corrected chi connectivity index (χ1v) is 5.95. The van der Waals surface area contributed by atoms with Crippen molar-refractivity contribution < 1.29 is 15.0 Å². The topological polar surface area (TPSA) is 57.5 Å². The molecule has 0 aliphatic carbocycles. The van der Waals surface area contributed by atoms with Crippen LogP contribution in [0.25, 0.3) is 0 Å². The summed E-state index contributed by atoms with van der Waals surface area (Å²) in [5.41, 5.74) is 2.25. The lowest BCUT2D eigenvalue weighted by atomic mass is 9.99. The summed E-state index contributed by atoms with van der Waals surface area (Å²) in [6.45, 7) is 4.34. The Morgan fingerprint density at radius 2 is 1.59 bits per heavy atom. The van der Waals surface area contributed by atoms with Crippen molar-refractivity contribution in [2.75, 3.05) is 0 Å². The summed E-state index contributed by atoms with van der Waals surface area (Å²) < 4.78 is 0. The molecule has 0 spiro atoms. The number of aliphatic hydroxyl groups is 1. The summed E-state index contributed by atoms with van der Waals surface area (Å²) >= 11 is 0. The van der Waals surface area contributed by atoms with Crippen molar-refractivity contribution in [3.8, 4) is 0 Å². The number of hydrogen-bond donors (Lipinski definition) is 2. The highest BCUT2D eigenvalue weighted by Gasteiger charge is 2.10. The number of carboxylic acid groups (broad SMARTS) is 1. The van der Waals surface area contributed by atoms with Gasteiger partial charge < -0.3 is 10.2 Å². The van der Waals surface area contributed by atoms with Crippen LogP contribution in [0.3, 0.4) is 0 Å². The van der Waals surface area contributed by atoms with Gasteiger partial charge in [0.1, 0.15) is 0 Å². The van der Waals surface area contributed by atoms with E-state index in [1.54, 1.807) is 0 Å². The van der Waals surface area contributed by atoms with E-state index in [9.17, 15) is 9.90 Å². The van der Waals surface area contributed by atoms with Crippen LogP contribution in [0.15, 0.2) is 24.3 Å². The van der Waals surface area contributed by atoms with Crippen molar-refractivity contribution in [2.45, 2.75) is 39.2 Å². The second kappa shape index (κ2) is 6.40. The van der Waals surface area contributed by atoms with E-state index >= 15 is 0 Å². The maximum absolute atomic E-state index is 10.4. The normalized spacial score (nSPS) is 12.7. The van der Waals surface area contributed by atoms with Crippen LogP contribution in [-0.4, -0.2) is 22.3 Å². The third kappa shape index (κ3) is 5.50. The zero-order valence-corrected chi connectivity index (χ0v) is 10.4. The van der Waals surface area contributed by atoms with Gasteiger partial charge in [0.25, 0.3) is 0 Å². The van der Waals surface area contributed by atoms with Crippen molar-refractivity contribution in [3.63, 3.8) is 0 Å². The molecule has 0 aliphatic heterocycles. The van der Waals surface area contributed by atoms with Gasteiger partial charge in [0.05, 0.1) is 12.5 Å². The largest absolute Gasteiger partial charge is 0.481 e. The Morgan fingerprint density at radius 3 is 2.00 bits per heavy atom. The fraction of sp³-hybridized carbons (Fsp3) is 0.500. The first-order chi connectivity index (χ1) is 7.97. The van der Waals surface area contributed by atoms with E-state index < -0.39 is 12.1 Å². The number of benzene rings is 1. The van der Waals surface area contributed by atoms with E-state index in [2.05, 4.69) is 13.8 Å². The molecule has 1 aromatic carbocycles. The van der Waals surface area contributed by atoms with Crippen LogP contribution in [-0.2, 0) is 17.6 Å². The van der Waals surface area contributed by atoms with Crippen LogP contribution < -0.4 is 0 Å². The lowest BCUT2D eigenvalue weighted by molar-refractivity contribution is -0.139. The minimum Gasteiger partial charge on any atom is -0.481 e. The monoisotopic (exact) mass is 236 g/mol. The fourth-order valence-corrected chi connectivity index (χ4v) is 1.83. The van der Waals surface area contributed by atoms with Crippen molar-refractivity contribution in [1.29, 1.82) is 0 Å². The Labute approximate surface area is 102 Å². The number of carboxylic acids is 1. The van der Waals surface area contributed by atoms with Crippen molar-refractivity contribution in [2.24, 2.45) is 5.92 Å². The summed E-state index contributed by atoms with van der Waals surface area (Å²) in [5, 5.41) is 18.1. The lowest BCUT2D eigenvalue weighted by Gasteiger charge is -2.09. The second-order valence-corrected chi connectivity index (χ2v) is 4.87. The Kier molecular flexibility index (Phi) is 5.16. The van der Waals surface area contributed by atoms with Crippen molar-refractivity contribution >= 4 is 5.97 Å². The van der Waals surface area contributed by atoms with Gasteiger partial charge in [-0.05, 0) is 29.9 Å². The highest BCUT2D eigenvalue weighted by atomic mass is 16.4. The molecule has 94 valence electrons. The summed E-state index contributed by atoms with van der Waals surface area (Å²) in [4.78, 5) is 10.4. The summed E-state index contributed by atoms with van der Waals surface area (Å²) in [6.07, 6.45) is 0.434. The quantitative estimate of drug-likeness (QED) is 0.796. The van der Waals surface area contributed by atoms with Crippen LogP contribution in [0, 0.1) is 5.92 Å². The summed E-state index contributed by atoms with van der Waals surface area (Å²) in [5.74, 6) is -0.340. The number of aliphatic hydroxyl groups excluding tert-OH is 1. The SMILES string of the molecule is CC(C)Cc1ccc(C[C@@H](O)CC(=O)O)cc1. The molecule has 1 rings (SSSR count). The minimum absolute atomic E-state index is 0.201. The van der Waals surface area contributed by atoms with Gasteiger partial charge in [-0.1, -0.05) is 38.1 Å². The van der Waals surface area contributed by atoms with E-state index in [4.69, 9.17) is 5.11 Å². The third-order valence-corrected chi connectivity index (χ3v) is 2.55. The van der Waals surface area contributed by atoms with E-state index in [1.165, 1.54) is 5.56 Å². The van der Waals surface area contributed by atoms with Gasteiger partial charge in [-0.15, -0.1) is 0 Å². The smallest absolute Gasteiger partial charge is 0.305 e. The first-order valence-electron chi connectivity index (χ1n) is 5.95. The molecular formula is C14H20O3. The minimum atomic E-state index is -0.964. The van der Waals surface area contributed by atoms with Gasteiger partial charge in [0.2, 0.25) is 0 Å². The van der Waals surface area contributed by atoms with Crippen LogP contribution in [0.4, 0.5) is 0 Å². The van der Waals surface area contributed by atoms with Crippen LogP contribution >= 0.6 is 0 Å². The number of hydrogen-bond acceptors (Lipinski definition) is 2. The molecule has 0 aromatic heterocycles. The molecule has 0 bridgehead atoms.